The van der Waals surface area contributed by atoms with E-state index in [0.717, 1.165) is 0 Å². The second-order valence-electron chi connectivity index (χ2n) is 3.73. The smallest absolute Gasteiger partial charge is 0.213 e. The van der Waals surface area contributed by atoms with Gasteiger partial charge in [-0.2, -0.15) is 0 Å². The maximum atomic E-state index is 10.8. The van der Waals surface area contributed by atoms with Gasteiger partial charge in [0.25, 0.3) is 0 Å². The molecule has 0 radical (unpaired) electrons. The van der Waals surface area contributed by atoms with Gasteiger partial charge in [0.1, 0.15) is 0 Å². The van der Waals surface area contributed by atoms with Crippen molar-refractivity contribution < 1.29 is 13.2 Å². The Labute approximate surface area is 79.5 Å². The third kappa shape index (κ3) is 3.62. The summed E-state index contributed by atoms with van der Waals surface area (Å²) in [7, 11) is -3.41. The van der Waals surface area contributed by atoms with Crippen molar-refractivity contribution in [3.63, 3.8) is 0 Å². The summed E-state index contributed by atoms with van der Waals surface area (Å²) in [6, 6.07) is 0. The lowest BCUT2D eigenvalue weighted by atomic mass is 9.86. The van der Waals surface area contributed by atoms with Crippen LogP contribution in [0.25, 0.3) is 0 Å². The number of hydrogen-bond donors (Lipinski definition) is 1. The van der Waals surface area contributed by atoms with Crippen LogP contribution in [0, 0.1) is 5.92 Å². The van der Waals surface area contributed by atoms with Crippen LogP contribution >= 0.6 is 0 Å². The first-order valence-electron chi connectivity index (χ1n) is 4.59. The molecule has 0 spiro atoms. The van der Waals surface area contributed by atoms with Crippen LogP contribution < -0.4 is 5.14 Å². The van der Waals surface area contributed by atoms with Crippen molar-refractivity contribution in [3.8, 4) is 0 Å². The number of primary sulfonamides is 1. The van der Waals surface area contributed by atoms with Crippen LogP contribution in [-0.4, -0.2) is 26.9 Å². The van der Waals surface area contributed by atoms with Crippen molar-refractivity contribution in [2.45, 2.75) is 31.4 Å². The number of nitrogens with two attached hydrogens (primary N) is 1. The van der Waals surface area contributed by atoms with E-state index >= 15 is 0 Å². The second kappa shape index (κ2) is 4.39. The minimum atomic E-state index is -3.41. The Morgan fingerprint density at radius 3 is 2.54 bits per heavy atom. The lowest BCUT2D eigenvalue weighted by Crippen LogP contribution is -2.31. The van der Waals surface area contributed by atoms with Gasteiger partial charge in [0.05, 0.1) is 11.9 Å². The highest BCUT2D eigenvalue weighted by Gasteiger charge is 2.20. The van der Waals surface area contributed by atoms with E-state index in [1.165, 1.54) is 19.3 Å². The summed E-state index contributed by atoms with van der Waals surface area (Å²) >= 11 is 0. The van der Waals surface area contributed by atoms with Crippen LogP contribution in [0.4, 0.5) is 0 Å². The average molecular weight is 207 g/mol. The molecule has 0 amide bonds. The molecular weight excluding hydrogens is 190 g/mol. The van der Waals surface area contributed by atoms with Gasteiger partial charge in [-0.1, -0.05) is 6.42 Å². The van der Waals surface area contributed by atoms with Crippen molar-refractivity contribution in [2.75, 3.05) is 13.2 Å². The standard InChI is InChI=1S/C8H17NO3S/c1-7(13(9,10)11)5-12-6-8-3-2-4-8/h7-8H,2-6H2,1H3,(H2,9,10,11). The zero-order valence-electron chi connectivity index (χ0n) is 7.90. The molecule has 0 aromatic carbocycles. The summed E-state index contributed by atoms with van der Waals surface area (Å²) in [6.45, 7) is 2.46. The molecule has 1 aliphatic carbocycles. The molecule has 0 bridgehead atoms. The molecular formula is C8H17NO3S. The number of rotatable bonds is 5. The third-order valence-electron chi connectivity index (χ3n) is 2.49. The summed E-state index contributed by atoms with van der Waals surface area (Å²) in [5.41, 5.74) is 0. The molecule has 1 atom stereocenters. The minimum absolute atomic E-state index is 0.218. The average Bonchev–Trinajstić information content (AvgIpc) is 1.91. The third-order valence-corrected chi connectivity index (χ3v) is 3.75. The number of ether oxygens (including phenoxy) is 1. The highest BCUT2D eigenvalue weighted by Crippen LogP contribution is 2.26. The minimum Gasteiger partial charge on any atom is -0.380 e. The summed E-state index contributed by atoms with van der Waals surface area (Å²) in [4.78, 5) is 0. The van der Waals surface area contributed by atoms with Crippen molar-refractivity contribution >= 4 is 10.0 Å². The summed E-state index contributed by atoms with van der Waals surface area (Å²) in [6.07, 6.45) is 3.70. The van der Waals surface area contributed by atoms with E-state index in [4.69, 9.17) is 9.88 Å². The Hall–Kier alpha value is -0.130. The molecule has 5 heteroatoms. The van der Waals surface area contributed by atoms with Crippen molar-refractivity contribution in [1.82, 2.24) is 0 Å². The van der Waals surface area contributed by atoms with E-state index in [2.05, 4.69) is 0 Å². The van der Waals surface area contributed by atoms with Crippen LogP contribution in [0.2, 0.25) is 0 Å². The van der Waals surface area contributed by atoms with E-state index in [9.17, 15) is 8.42 Å². The van der Waals surface area contributed by atoms with Gasteiger partial charge in [-0.15, -0.1) is 0 Å². The molecule has 13 heavy (non-hydrogen) atoms. The van der Waals surface area contributed by atoms with Gasteiger partial charge in [-0.3, -0.25) is 0 Å². The van der Waals surface area contributed by atoms with Gasteiger partial charge in [-0.05, 0) is 25.7 Å². The molecule has 0 aromatic rings. The lowest BCUT2D eigenvalue weighted by Gasteiger charge is -2.25. The fourth-order valence-electron chi connectivity index (χ4n) is 1.15. The maximum absolute atomic E-state index is 10.8. The predicted molar refractivity (Wildman–Crippen MR) is 50.7 cm³/mol. The van der Waals surface area contributed by atoms with Crippen LogP contribution in [-0.2, 0) is 14.8 Å². The maximum Gasteiger partial charge on any atom is 0.213 e. The molecule has 1 saturated carbocycles. The van der Waals surface area contributed by atoms with Crippen LogP contribution in [0.5, 0.6) is 0 Å². The number of hydrogen-bond acceptors (Lipinski definition) is 3. The fourth-order valence-corrected chi connectivity index (χ4v) is 1.44. The molecule has 0 saturated heterocycles. The Bertz CT molecular complexity index is 246. The van der Waals surface area contributed by atoms with Crippen molar-refractivity contribution in [2.24, 2.45) is 11.1 Å². The zero-order chi connectivity index (χ0) is 9.90. The van der Waals surface area contributed by atoms with Gasteiger partial charge in [0.15, 0.2) is 0 Å². The van der Waals surface area contributed by atoms with Gasteiger partial charge >= 0.3 is 0 Å². The van der Waals surface area contributed by atoms with E-state index in [1.807, 2.05) is 0 Å². The van der Waals surface area contributed by atoms with Crippen molar-refractivity contribution in [1.29, 1.82) is 0 Å². The molecule has 1 aliphatic rings. The Morgan fingerprint density at radius 2 is 2.15 bits per heavy atom. The lowest BCUT2D eigenvalue weighted by molar-refractivity contribution is 0.0718. The molecule has 1 unspecified atom stereocenters. The molecule has 1 fully saturated rings. The summed E-state index contributed by atoms with van der Waals surface area (Å²) in [5, 5.41) is 4.34. The van der Waals surface area contributed by atoms with Gasteiger partial charge < -0.3 is 4.74 Å². The van der Waals surface area contributed by atoms with E-state index in [1.54, 1.807) is 6.92 Å². The highest BCUT2D eigenvalue weighted by atomic mass is 32.2. The van der Waals surface area contributed by atoms with Crippen LogP contribution in [0.15, 0.2) is 0 Å². The monoisotopic (exact) mass is 207 g/mol. The van der Waals surface area contributed by atoms with Crippen LogP contribution in [0.3, 0.4) is 0 Å². The molecule has 2 N–H and O–H groups in total. The zero-order valence-corrected chi connectivity index (χ0v) is 8.72. The highest BCUT2D eigenvalue weighted by molar-refractivity contribution is 7.89. The predicted octanol–water partition coefficient (Wildman–Crippen LogP) is 0.480. The van der Waals surface area contributed by atoms with Crippen LogP contribution in [0.1, 0.15) is 26.2 Å². The summed E-state index contributed by atoms with van der Waals surface area (Å²) < 4.78 is 26.8. The first-order chi connectivity index (χ1) is 6.00. The molecule has 0 heterocycles. The molecule has 4 nitrogen and oxygen atoms in total. The number of sulfonamides is 1. The fraction of sp³-hybridized carbons (Fsp3) is 1.00. The molecule has 0 aromatic heterocycles. The van der Waals surface area contributed by atoms with Crippen molar-refractivity contribution in [3.05, 3.63) is 0 Å². The second-order valence-corrected chi connectivity index (χ2v) is 5.72. The van der Waals surface area contributed by atoms with E-state index in [0.29, 0.717) is 12.5 Å². The van der Waals surface area contributed by atoms with E-state index in [-0.39, 0.29) is 6.61 Å². The topological polar surface area (TPSA) is 69.4 Å². The van der Waals surface area contributed by atoms with E-state index < -0.39 is 15.3 Å². The van der Waals surface area contributed by atoms with Gasteiger partial charge in [-0.25, -0.2) is 13.6 Å². The SMILES string of the molecule is CC(COCC1CCC1)S(N)(=O)=O. The Kier molecular flexibility index (Phi) is 3.70. The molecule has 1 rings (SSSR count). The quantitative estimate of drug-likeness (QED) is 0.713. The van der Waals surface area contributed by atoms with Gasteiger partial charge in [0, 0.05) is 6.61 Å². The molecule has 0 aliphatic heterocycles. The Balaban J connectivity index is 2.11. The first kappa shape index (κ1) is 10.9. The molecule has 78 valence electrons. The Morgan fingerprint density at radius 1 is 1.54 bits per heavy atom. The normalized spacial score (nSPS) is 21.1. The largest absolute Gasteiger partial charge is 0.380 e. The first-order valence-corrected chi connectivity index (χ1v) is 6.20. The summed E-state index contributed by atoms with van der Waals surface area (Å²) in [5.74, 6) is 0.646. The van der Waals surface area contributed by atoms with Gasteiger partial charge in [0.2, 0.25) is 10.0 Å².